The maximum absolute atomic E-state index is 12.9. The lowest BCUT2D eigenvalue weighted by molar-refractivity contribution is 0.469. The Morgan fingerprint density at radius 1 is 1.27 bits per heavy atom. The first kappa shape index (κ1) is 14.5. The van der Waals surface area contributed by atoms with Gasteiger partial charge < -0.3 is 4.74 Å². The van der Waals surface area contributed by atoms with E-state index in [1.54, 1.807) is 19.3 Å². The van der Waals surface area contributed by atoms with Crippen LogP contribution in [0, 0.1) is 5.82 Å². The van der Waals surface area contributed by atoms with Crippen LogP contribution >= 0.6 is 11.8 Å². The summed E-state index contributed by atoms with van der Waals surface area (Å²) in [5.41, 5.74) is 0.221. The van der Waals surface area contributed by atoms with Crippen molar-refractivity contribution in [2.75, 3.05) is 6.26 Å². The first-order valence-corrected chi connectivity index (χ1v) is 7.65. The number of rotatable bonds is 3. The van der Waals surface area contributed by atoms with Crippen LogP contribution in [0.3, 0.4) is 0 Å². The minimum atomic E-state index is -0.364. The fourth-order valence-corrected chi connectivity index (χ4v) is 2.34. The van der Waals surface area contributed by atoms with Gasteiger partial charge in [-0.15, -0.1) is 0 Å². The minimum Gasteiger partial charge on any atom is -0.452 e. The predicted octanol–water partition coefficient (Wildman–Crippen LogP) is 2.98. The molecule has 3 rings (SSSR count). The number of benzene rings is 1. The van der Waals surface area contributed by atoms with E-state index >= 15 is 0 Å². The van der Waals surface area contributed by atoms with Gasteiger partial charge in [-0.05, 0) is 36.6 Å². The van der Waals surface area contributed by atoms with E-state index in [2.05, 4.69) is 9.97 Å². The maximum Gasteiger partial charge on any atom is 0.294 e. The molecule has 5 nitrogen and oxygen atoms in total. The summed E-state index contributed by atoms with van der Waals surface area (Å²) < 4.78 is 19.9. The van der Waals surface area contributed by atoms with Gasteiger partial charge in [0.2, 0.25) is 0 Å². The summed E-state index contributed by atoms with van der Waals surface area (Å²) in [7, 11) is 1.62. The van der Waals surface area contributed by atoms with E-state index in [0.29, 0.717) is 21.9 Å². The number of nitrogens with zero attached hydrogens (tertiary/aromatic N) is 3. The lowest BCUT2D eigenvalue weighted by Gasteiger charge is -2.09. The van der Waals surface area contributed by atoms with Gasteiger partial charge in [-0.1, -0.05) is 11.8 Å². The van der Waals surface area contributed by atoms with E-state index < -0.39 is 0 Å². The second-order valence-electron chi connectivity index (χ2n) is 4.56. The highest BCUT2D eigenvalue weighted by molar-refractivity contribution is 7.98. The molecule has 7 heteroatoms. The summed E-state index contributed by atoms with van der Waals surface area (Å²) in [5.74, 6) is 0.165. The molecule has 0 radical (unpaired) electrons. The fraction of sp³-hybridized carbons (Fsp3) is 0.133. The number of fused-ring (bicyclic) bond motifs is 1. The maximum atomic E-state index is 12.9. The van der Waals surface area contributed by atoms with Crippen molar-refractivity contribution in [2.24, 2.45) is 7.05 Å². The van der Waals surface area contributed by atoms with E-state index in [4.69, 9.17) is 4.74 Å². The van der Waals surface area contributed by atoms with Gasteiger partial charge in [0, 0.05) is 18.6 Å². The third-order valence-corrected chi connectivity index (χ3v) is 3.68. The van der Waals surface area contributed by atoms with Crippen molar-refractivity contribution >= 4 is 22.8 Å². The fourth-order valence-electron chi connectivity index (χ4n) is 2.00. The molecule has 0 spiro atoms. The molecule has 0 aliphatic rings. The molecule has 0 amide bonds. The van der Waals surface area contributed by atoms with Crippen molar-refractivity contribution in [3.05, 3.63) is 52.7 Å². The molecule has 0 fully saturated rings. The highest BCUT2D eigenvalue weighted by Gasteiger charge is 2.11. The molecule has 1 aromatic carbocycles. The minimum absolute atomic E-state index is 0.141. The molecular formula is C15H12FN3O2S. The van der Waals surface area contributed by atoms with Gasteiger partial charge in [0.05, 0.1) is 0 Å². The Hall–Kier alpha value is -2.41. The molecule has 3 aromatic rings. The Bertz CT molecular complexity index is 894. The van der Waals surface area contributed by atoms with Crippen LogP contribution < -0.4 is 10.3 Å². The lowest BCUT2D eigenvalue weighted by atomic mass is 10.3. The van der Waals surface area contributed by atoms with E-state index in [9.17, 15) is 9.18 Å². The molecule has 0 atom stereocenters. The molecule has 2 heterocycles. The molecule has 0 saturated heterocycles. The van der Waals surface area contributed by atoms with E-state index in [0.717, 1.165) is 0 Å². The Kier molecular flexibility index (Phi) is 3.81. The molecule has 0 aliphatic carbocycles. The average Bonchev–Trinajstić information content (AvgIpc) is 2.54. The Labute approximate surface area is 129 Å². The van der Waals surface area contributed by atoms with Crippen LogP contribution in [0.2, 0.25) is 0 Å². The van der Waals surface area contributed by atoms with E-state index in [-0.39, 0.29) is 17.1 Å². The van der Waals surface area contributed by atoms with Gasteiger partial charge in [0.25, 0.3) is 5.56 Å². The average molecular weight is 317 g/mol. The monoisotopic (exact) mass is 317 g/mol. The topological polar surface area (TPSA) is 57.0 Å². The molecule has 0 unspecified atom stereocenters. The van der Waals surface area contributed by atoms with Crippen molar-refractivity contribution in [1.82, 2.24) is 14.5 Å². The van der Waals surface area contributed by atoms with Crippen LogP contribution in [0.25, 0.3) is 11.0 Å². The number of aryl methyl sites for hydroxylation is 1. The smallest absolute Gasteiger partial charge is 0.294 e. The summed E-state index contributed by atoms with van der Waals surface area (Å²) >= 11 is 1.40. The Morgan fingerprint density at radius 3 is 2.68 bits per heavy atom. The quantitative estimate of drug-likeness (QED) is 0.549. The number of ether oxygens (including phenoxy) is 1. The Morgan fingerprint density at radius 2 is 2.00 bits per heavy atom. The van der Waals surface area contributed by atoms with Crippen molar-refractivity contribution in [2.45, 2.75) is 5.16 Å². The van der Waals surface area contributed by atoms with Gasteiger partial charge in [-0.25, -0.2) is 14.4 Å². The first-order chi connectivity index (χ1) is 10.6. The highest BCUT2D eigenvalue weighted by atomic mass is 32.2. The number of pyridine rings is 1. The van der Waals surface area contributed by atoms with Crippen LogP contribution in [0.5, 0.6) is 11.5 Å². The molecule has 2 aromatic heterocycles. The number of hydrogen-bond acceptors (Lipinski definition) is 5. The summed E-state index contributed by atoms with van der Waals surface area (Å²) in [6, 6.07) is 7.06. The third kappa shape index (κ3) is 2.67. The van der Waals surface area contributed by atoms with Crippen LogP contribution in [0.1, 0.15) is 0 Å². The number of thioether (sulfide) groups is 1. The second-order valence-corrected chi connectivity index (χ2v) is 5.34. The van der Waals surface area contributed by atoms with Crippen molar-refractivity contribution in [3.8, 4) is 11.5 Å². The predicted molar refractivity (Wildman–Crippen MR) is 83.0 cm³/mol. The summed E-state index contributed by atoms with van der Waals surface area (Å²) in [6.07, 6.45) is 3.51. The van der Waals surface area contributed by atoms with Crippen LogP contribution in [0.4, 0.5) is 4.39 Å². The van der Waals surface area contributed by atoms with Crippen molar-refractivity contribution < 1.29 is 9.13 Å². The number of aromatic nitrogens is 3. The second kappa shape index (κ2) is 5.76. The molecule has 0 N–H and O–H groups in total. The van der Waals surface area contributed by atoms with Gasteiger partial charge in [-0.2, -0.15) is 0 Å². The van der Waals surface area contributed by atoms with E-state index in [1.807, 2.05) is 6.26 Å². The normalized spacial score (nSPS) is 10.9. The molecular weight excluding hydrogens is 305 g/mol. The molecule has 112 valence electrons. The van der Waals surface area contributed by atoms with Crippen LogP contribution in [0.15, 0.2) is 46.5 Å². The van der Waals surface area contributed by atoms with Gasteiger partial charge in [0.1, 0.15) is 17.2 Å². The SMILES string of the molecule is CSc1ncc2cc(Oc3ccc(F)cc3)c(=O)n(C)c2n1. The van der Waals surface area contributed by atoms with Gasteiger partial charge in [-0.3, -0.25) is 9.36 Å². The zero-order chi connectivity index (χ0) is 15.7. The molecule has 0 bridgehead atoms. The van der Waals surface area contributed by atoms with Crippen molar-refractivity contribution in [3.63, 3.8) is 0 Å². The van der Waals surface area contributed by atoms with Crippen molar-refractivity contribution in [1.29, 1.82) is 0 Å². The first-order valence-electron chi connectivity index (χ1n) is 6.42. The van der Waals surface area contributed by atoms with Crippen LogP contribution in [-0.4, -0.2) is 20.8 Å². The van der Waals surface area contributed by atoms with E-state index in [1.165, 1.54) is 40.6 Å². The van der Waals surface area contributed by atoms with Gasteiger partial charge in [0.15, 0.2) is 10.9 Å². The molecule has 22 heavy (non-hydrogen) atoms. The lowest BCUT2D eigenvalue weighted by Crippen LogP contribution is -2.19. The van der Waals surface area contributed by atoms with Crippen LogP contribution in [-0.2, 0) is 7.05 Å². The zero-order valence-corrected chi connectivity index (χ0v) is 12.7. The third-order valence-electron chi connectivity index (χ3n) is 3.12. The molecule has 0 aliphatic heterocycles. The summed E-state index contributed by atoms with van der Waals surface area (Å²) in [6.45, 7) is 0. The Balaban J connectivity index is 2.09. The largest absolute Gasteiger partial charge is 0.452 e. The number of halogens is 1. The zero-order valence-electron chi connectivity index (χ0n) is 11.9. The standard InChI is InChI=1S/C15H12FN3O2S/c1-19-13-9(8-17-15(18-13)22-2)7-12(14(19)20)21-11-5-3-10(16)4-6-11/h3-8H,1-2H3. The highest BCUT2D eigenvalue weighted by Crippen LogP contribution is 2.22. The summed E-state index contributed by atoms with van der Waals surface area (Å²) in [5, 5.41) is 1.28. The van der Waals surface area contributed by atoms with Gasteiger partial charge >= 0.3 is 0 Å². The molecule has 0 saturated carbocycles. The summed E-state index contributed by atoms with van der Waals surface area (Å²) in [4.78, 5) is 20.9. The number of hydrogen-bond donors (Lipinski definition) is 0.